The zero-order valence-corrected chi connectivity index (χ0v) is 10.5. The molecule has 0 N–H and O–H groups in total. The molecule has 20 heavy (non-hydrogen) atoms. The van der Waals surface area contributed by atoms with E-state index >= 15 is 0 Å². The molecule has 0 fully saturated rings. The number of benzene rings is 2. The van der Waals surface area contributed by atoms with Crippen molar-refractivity contribution in [2.45, 2.75) is 12.0 Å². The molecule has 0 saturated heterocycles. The summed E-state index contributed by atoms with van der Waals surface area (Å²) in [5.41, 5.74) is 1.37. The van der Waals surface area contributed by atoms with Crippen LogP contribution < -0.4 is 5.11 Å². The number of fused-ring (bicyclic) bond motifs is 1. The third kappa shape index (κ3) is 1.95. The largest absolute Gasteiger partial charge is 0.549 e. The summed E-state index contributed by atoms with van der Waals surface area (Å²) in [5, 5.41) is 11.5. The van der Waals surface area contributed by atoms with Crippen LogP contribution in [0, 0.1) is 0 Å². The van der Waals surface area contributed by atoms with Gasteiger partial charge in [0.1, 0.15) is 6.10 Å². The van der Waals surface area contributed by atoms with Crippen molar-refractivity contribution in [1.82, 2.24) is 0 Å². The number of aliphatic carboxylic acids is 1. The zero-order valence-electron chi connectivity index (χ0n) is 10.5. The van der Waals surface area contributed by atoms with Gasteiger partial charge in [-0.25, -0.2) is 4.79 Å². The van der Waals surface area contributed by atoms with Crippen molar-refractivity contribution >= 4 is 11.9 Å². The van der Waals surface area contributed by atoms with Crippen LogP contribution in [0.3, 0.4) is 0 Å². The van der Waals surface area contributed by atoms with E-state index in [2.05, 4.69) is 0 Å². The van der Waals surface area contributed by atoms with Gasteiger partial charge in [0, 0.05) is 0 Å². The van der Waals surface area contributed by atoms with Crippen LogP contribution in [0.2, 0.25) is 0 Å². The number of rotatable bonds is 2. The van der Waals surface area contributed by atoms with Crippen molar-refractivity contribution < 1.29 is 19.4 Å². The van der Waals surface area contributed by atoms with Crippen LogP contribution in [0.5, 0.6) is 0 Å². The van der Waals surface area contributed by atoms with Crippen LogP contribution >= 0.6 is 0 Å². The lowest BCUT2D eigenvalue weighted by atomic mass is 9.84. The maximum atomic E-state index is 12.0. The number of ether oxygens (including phenoxy) is 1. The number of cyclic esters (lactones) is 1. The van der Waals surface area contributed by atoms with Gasteiger partial charge in [-0.2, -0.15) is 0 Å². The van der Waals surface area contributed by atoms with E-state index < -0.39 is 24.0 Å². The minimum absolute atomic E-state index is 0.286. The molecule has 0 spiro atoms. The fourth-order valence-electron chi connectivity index (χ4n) is 2.52. The number of hydrogen-bond acceptors (Lipinski definition) is 4. The van der Waals surface area contributed by atoms with E-state index in [1.165, 1.54) is 0 Å². The first-order valence-electron chi connectivity index (χ1n) is 6.24. The molecule has 0 amide bonds. The van der Waals surface area contributed by atoms with Gasteiger partial charge in [-0.15, -0.1) is 0 Å². The summed E-state index contributed by atoms with van der Waals surface area (Å²) in [5.74, 6) is -2.75. The fourth-order valence-corrected chi connectivity index (χ4v) is 2.52. The van der Waals surface area contributed by atoms with Crippen molar-refractivity contribution in [3.8, 4) is 0 Å². The highest BCUT2D eigenvalue weighted by atomic mass is 16.5. The SMILES string of the molecule is O=C1O[C@@H](c2ccccc2)[C@@H](C(=O)[O-])c2ccccc21. The van der Waals surface area contributed by atoms with Gasteiger partial charge in [0.05, 0.1) is 17.5 Å². The Hall–Kier alpha value is -2.62. The third-order valence-corrected chi connectivity index (χ3v) is 3.43. The normalized spacial score (nSPS) is 20.9. The number of esters is 1. The van der Waals surface area contributed by atoms with Crippen molar-refractivity contribution in [2.24, 2.45) is 0 Å². The standard InChI is InChI=1S/C16H12O4/c17-15(18)13-11-8-4-5-9-12(11)16(19)20-14(13)10-6-2-1-3-7-10/h1-9,13-14H,(H,17,18)/p-1/t13-,14-/m0/s1. The van der Waals surface area contributed by atoms with Gasteiger partial charge in [0.2, 0.25) is 0 Å². The summed E-state index contributed by atoms with van der Waals surface area (Å²) in [7, 11) is 0. The average molecular weight is 267 g/mol. The second-order valence-corrected chi connectivity index (χ2v) is 4.62. The van der Waals surface area contributed by atoms with E-state index in [9.17, 15) is 14.7 Å². The predicted octanol–water partition coefficient (Wildman–Crippen LogP) is 1.43. The maximum Gasteiger partial charge on any atom is 0.339 e. The number of hydrogen-bond donors (Lipinski definition) is 0. The highest BCUT2D eigenvalue weighted by Crippen LogP contribution is 2.40. The van der Waals surface area contributed by atoms with Crippen molar-refractivity contribution in [1.29, 1.82) is 0 Å². The summed E-state index contributed by atoms with van der Waals surface area (Å²) in [4.78, 5) is 23.5. The van der Waals surface area contributed by atoms with Crippen LogP contribution in [0.25, 0.3) is 0 Å². The molecule has 0 unspecified atom stereocenters. The summed E-state index contributed by atoms with van der Waals surface area (Å²) >= 11 is 0. The smallest absolute Gasteiger partial charge is 0.339 e. The first-order valence-corrected chi connectivity index (χ1v) is 6.24. The molecular weight excluding hydrogens is 256 g/mol. The van der Waals surface area contributed by atoms with Crippen molar-refractivity contribution in [3.63, 3.8) is 0 Å². The molecule has 2 aromatic carbocycles. The molecule has 0 aromatic heterocycles. The third-order valence-electron chi connectivity index (χ3n) is 3.43. The van der Waals surface area contributed by atoms with Gasteiger partial charge in [-0.3, -0.25) is 0 Å². The lowest BCUT2D eigenvalue weighted by Crippen LogP contribution is -2.38. The molecule has 3 rings (SSSR count). The van der Waals surface area contributed by atoms with E-state index in [4.69, 9.17) is 4.74 Å². The number of carboxylic acid groups (broad SMARTS) is 1. The molecule has 1 heterocycles. The minimum atomic E-state index is -1.25. The van der Waals surface area contributed by atoms with E-state index in [0.29, 0.717) is 11.1 Å². The Balaban J connectivity index is 2.14. The summed E-state index contributed by atoms with van der Waals surface area (Å²) in [6.45, 7) is 0. The Morgan fingerprint density at radius 1 is 1.00 bits per heavy atom. The average Bonchev–Trinajstić information content (AvgIpc) is 2.47. The molecular formula is C16H11O4-. The predicted molar refractivity (Wildman–Crippen MR) is 68.8 cm³/mol. The fraction of sp³-hybridized carbons (Fsp3) is 0.125. The molecule has 4 nitrogen and oxygen atoms in total. The van der Waals surface area contributed by atoms with E-state index in [0.717, 1.165) is 0 Å². The molecule has 2 aromatic rings. The second kappa shape index (κ2) is 4.81. The Morgan fingerprint density at radius 2 is 1.65 bits per heavy atom. The Morgan fingerprint density at radius 3 is 2.35 bits per heavy atom. The number of carbonyl (C=O) groups excluding carboxylic acids is 2. The lowest BCUT2D eigenvalue weighted by Gasteiger charge is -2.33. The van der Waals surface area contributed by atoms with E-state index in [-0.39, 0.29) is 5.56 Å². The Bertz CT molecular complexity index is 663. The van der Waals surface area contributed by atoms with Crippen molar-refractivity contribution in [3.05, 3.63) is 71.3 Å². The lowest BCUT2D eigenvalue weighted by molar-refractivity contribution is -0.310. The molecule has 2 atom stereocenters. The molecule has 0 saturated carbocycles. The van der Waals surface area contributed by atoms with Crippen molar-refractivity contribution in [2.75, 3.05) is 0 Å². The van der Waals surface area contributed by atoms with Gasteiger partial charge in [0.15, 0.2) is 0 Å². The monoisotopic (exact) mass is 267 g/mol. The molecule has 1 aliphatic heterocycles. The first kappa shape index (κ1) is 12.4. The van der Waals surface area contributed by atoms with Crippen LogP contribution in [-0.4, -0.2) is 11.9 Å². The van der Waals surface area contributed by atoms with Crippen LogP contribution in [0.4, 0.5) is 0 Å². The van der Waals surface area contributed by atoms with Gasteiger partial charge < -0.3 is 14.6 Å². The minimum Gasteiger partial charge on any atom is -0.549 e. The van der Waals surface area contributed by atoms with Crippen LogP contribution in [-0.2, 0) is 9.53 Å². The van der Waals surface area contributed by atoms with Crippen LogP contribution in [0.15, 0.2) is 54.6 Å². The molecule has 4 heteroatoms. The Kier molecular flexibility index (Phi) is 2.99. The van der Waals surface area contributed by atoms with Gasteiger partial charge in [-0.1, -0.05) is 48.5 Å². The highest BCUT2D eigenvalue weighted by molar-refractivity contribution is 5.95. The summed E-state index contributed by atoms with van der Waals surface area (Å²) in [6, 6.07) is 15.4. The maximum absolute atomic E-state index is 12.0. The molecule has 1 aliphatic rings. The van der Waals surface area contributed by atoms with Crippen LogP contribution in [0.1, 0.15) is 33.5 Å². The Labute approximate surface area is 115 Å². The van der Waals surface area contributed by atoms with E-state index in [1.54, 1.807) is 48.5 Å². The van der Waals surface area contributed by atoms with Gasteiger partial charge in [0.25, 0.3) is 0 Å². The molecule has 0 bridgehead atoms. The zero-order chi connectivity index (χ0) is 14.1. The molecule has 100 valence electrons. The summed E-state index contributed by atoms with van der Waals surface area (Å²) < 4.78 is 5.31. The topological polar surface area (TPSA) is 66.4 Å². The highest BCUT2D eigenvalue weighted by Gasteiger charge is 2.37. The number of carboxylic acids is 1. The summed E-state index contributed by atoms with van der Waals surface area (Å²) in [6.07, 6.45) is -0.858. The second-order valence-electron chi connectivity index (χ2n) is 4.62. The quantitative estimate of drug-likeness (QED) is 0.772. The number of carbonyl (C=O) groups is 2. The van der Waals surface area contributed by atoms with Gasteiger partial charge in [-0.05, 0) is 17.2 Å². The molecule has 0 aliphatic carbocycles. The van der Waals surface area contributed by atoms with E-state index in [1.807, 2.05) is 6.07 Å². The first-order chi connectivity index (χ1) is 9.68. The molecule has 0 radical (unpaired) electrons. The van der Waals surface area contributed by atoms with Gasteiger partial charge >= 0.3 is 5.97 Å².